The van der Waals surface area contributed by atoms with Crippen molar-refractivity contribution in [2.24, 2.45) is 0 Å². The lowest BCUT2D eigenvalue weighted by molar-refractivity contribution is 0.412. The number of nitrogens with one attached hydrogen (secondary N) is 1. The Labute approximate surface area is 140 Å². The molecule has 1 aromatic carbocycles. The van der Waals surface area contributed by atoms with Gasteiger partial charge >= 0.3 is 0 Å². The first kappa shape index (κ1) is 16.1. The first-order valence-corrected chi connectivity index (χ1v) is 8.65. The minimum absolute atomic E-state index is 0.0777. The lowest BCUT2D eigenvalue weighted by Gasteiger charge is -2.11. The van der Waals surface area contributed by atoms with E-state index in [9.17, 15) is 8.42 Å². The maximum Gasteiger partial charge on any atom is 0.279 e. The fraction of sp³-hybridized carbons (Fsp3) is 0.118. The van der Waals surface area contributed by atoms with Gasteiger partial charge in [0.05, 0.1) is 25.3 Å². The third-order valence-electron chi connectivity index (χ3n) is 3.51. The van der Waals surface area contributed by atoms with Crippen molar-refractivity contribution in [1.82, 2.24) is 4.98 Å². The number of anilines is 1. The number of hydrogen-bond donors (Lipinski definition) is 1. The molecule has 2 heterocycles. The largest absolute Gasteiger partial charge is 0.495 e. The van der Waals surface area contributed by atoms with Crippen LogP contribution in [0.3, 0.4) is 0 Å². The normalized spacial score (nSPS) is 11.2. The second-order valence-electron chi connectivity index (χ2n) is 5.15. The van der Waals surface area contributed by atoms with Crippen molar-refractivity contribution >= 4 is 15.7 Å². The van der Waals surface area contributed by atoms with Crippen molar-refractivity contribution in [2.45, 2.75) is 11.9 Å². The number of methoxy groups -OCH3 is 1. The summed E-state index contributed by atoms with van der Waals surface area (Å²) in [4.78, 5) is 3.93. The second kappa shape index (κ2) is 6.37. The molecule has 0 spiro atoms. The van der Waals surface area contributed by atoms with E-state index in [-0.39, 0.29) is 5.03 Å². The number of pyridine rings is 1. The summed E-state index contributed by atoms with van der Waals surface area (Å²) in [5, 5.41) is -0.0777. The average molecular weight is 344 g/mol. The molecule has 0 aliphatic rings. The molecule has 0 fully saturated rings. The summed E-state index contributed by atoms with van der Waals surface area (Å²) in [7, 11) is -2.30. The molecular weight excluding hydrogens is 328 g/mol. The number of furan rings is 1. The summed E-state index contributed by atoms with van der Waals surface area (Å²) < 4.78 is 37.9. The third-order valence-corrected chi connectivity index (χ3v) is 4.79. The van der Waals surface area contributed by atoms with Crippen LogP contribution >= 0.6 is 0 Å². The Hall–Kier alpha value is -2.80. The van der Waals surface area contributed by atoms with Gasteiger partial charge in [0.25, 0.3) is 10.0 Å². The number of ether oxygens (including phenoxy) is 1. The van der Waals surface area contributed by atoms with Gasteiger partial charge in [0.1, 0.15) is 11.5 Å². The van der Waals surface area contributed by atoms with Crippen LogP contribution in [0.2, 0.25) is 0 Å². The highest BCUT2D eigenvalue weighted by Gasteiger charge is 2.17. The number of nitrogens with zero attached hydrogens (tertiary/aromatic N) is 1. The highest BCUT2D eigenvalue weighted by atomic mass is 32.2. The van der Waals surface area contributed by atoms with Crippen LogP contribution in [-0.2, 0) is 10.0 Å². The zero-order valence-corrected chi connectivity index (χ0v) is 14.0. The zero-order valence-electron chi connectivity index (χ0n) is 13.2. The van der Waals surface area contributed by atoms with Crippen LogP contribution in [0.25, 0.3) is 11.3 Å². The Morgan fingerprint density at radius 3 is 2.62 bits per heavy atom. The van der Waals surface area contributed by atoms with Crippen molar-refractivity contribution in [3.05, 3.63) is 60.5 Å². The van der Waals surface area contributed by atoms with E-state index in [1.54, 1.807) is 24.5 Å². The Balaban J connectivity index is 1.93. The fourth-order valence-corrected chi connectivity index (χ4v) is 3.22. The summed E-state index contributed by atoms with van der Waals surface area (Å²) in [5.74, 6) is 1.16. The van der Waals surface area contributed by atoms with Gasteiger partial charge in [0, 0.05) is 5.56 Å². The van der Waals surface area contributed by atoms with E-state index in [2.05, 4.69) is 9.71 Å². The van der Waals surface area contributed by atoms with Gasteiger partial charge in [-0.2, -0.15) is 8.42 Å². The van der Waals surface area contributed by atoms with E-state index >= 15 is 0 Å². The molecule has 6 nitrogen and oxygen atoms in total. The van der Waals surface area contributed by atoms with Crippen LogP contribution in [0.1, 0.15) is 5.56 Å². The standard InChI is InChI=1S/C17H16N2O4S/c1-12-5-6-13(16-4-3-9-23-16)10-15(12)19-24(20,21)17-8-7-14(22-2)11-18-17/h3-11,19H,1-2H3. The van der Waals surface area contributed by atoms with Gasteiger partial charge in [-0.25, -0.2) is 4.98 Å². The Bertz CT molecular complexity index is 933. The van der Waals surface area contributed by atoms with Crippen LogP contribution in [0.5, 0.6) is 5.75 Å². The molecule has 0 saturated carbocycles. The lowest BCUT2D eigenvalue weighted by atomic mass is 10.1. The highest BCUT2D eigenvalue weighted by Crippen LogP contribution is 2.27. The molecule has 0 atom stereocenters. The van der Waals surface area contributed by atoms with Gasteiger partial charge in [0.15, 0.2) is 5.03 Å². The molecule has 0 unspecified atom stereocenters. The second-order valence-corrected chi connectivity index (χ2v) is 6.78. The van der Waals surface area contributed by atoms with Gasteiger partial charge < -0.3 is 9.15 Å². The van der Waals surface area contributed by atoms with E-state index < -0.39 is 10.0 Å². The zero-order chi connectivity index (χ0) is 17.2. The smallest absolute Gasteiger partial charge is 0.279 e. The minimum Gasteiger partial charge on any atom is -0.495 e. The molecule has 0 saturated heterocycles. The topological polar surface area (TPSA) is 81.4 Å². The van der Waals surface area contributed by atoms with Crippen LogP contribution in [0.15, 0.2) is 64.4 Å². The van der Waals surface area contributed by atoms with E-state index in [1.807, 2.05) is 25.1 Å². The fourth-order valence-electron chi connectivity index (χ4n) is 2.17. The molecule has 2 aromatic heterocycles. The first-order valence-electron chi connectivity index (χ1n) is 7.17. The van der Waals surface area contributed by atoms with Crippen LogP contribution in [0.4, 0.5) is 5.69 Å². The molecule has 0 aliphatic heterocycles. The first-order chi connectivity index (χ1) is 11.5. The van der Waals surface area contributed by atoms with Gasteiger partial charge in [-0.05, 0) is 42.8 Å². The number of rotatable bonds is 5. The van der Waals surface area contributed by atoms with Crippen molar-refractivity contribution in [2.75, 3.05) is 11.8 Å². The van der Waals surface area contributed by atoms with Gasteiger partial charge in [-0.1, -0.05) is 12.1 Å². The summed E-state index contributed by atoms with van der Waals surface area (Å²) in [6.45, 7) is 1.82. The minimum atomic E-state index is -3.79. The van der Waals surface area contributed by atoms with Crippen molar-refractivity contribution in [3.63, 3.8) is 0 Å². The molecule has 0 aliphatic carbocycles. The van der Waals surface area contributed by atoms with Crippen molar-refractivity contribution in [3.8, 4) is 17.1 Å². The number of aryl methyl sites for hydroxylation is 1. The summed E-state index contributed by atoms with van der Waals surface area (Å²) in [5.41, 5.74) is 2.05. The quantitative estimate of drug-likeness (QED) is 0.766. The molecule has 124 valence electrons. The Kier molecular flexibility index (Phi) is 4.26. The number of aromatic nitrogens is 1. The monoisotopic (exact) mass is 344 g/mol. The Morgan fingerprint density at radius 1 is 1.17 bits per heavy atom. The van der Waals surface area contributed by atoms with Crippen LogP contribution in [-0.4, -0.2) is 20.5 Å². The van der Waals surface area contributed by atoms with E-state index in [4.69, 9.17) is 9.15 Å². The molecule has 24 heavy (non-hydrogen) atoms. The van der Waals surface area contributed by atoms with Gasteiger partial charge in [-0.3, -0.25) is 4.72 Å². The van der Waals surface area contributed by atoms with E-state index in [0.29, 0.717) is 17.2 Å². The highest BCUT2D eigenvalue weighted by molar-refractivity contribution is 7.92. The maximum atomic E-state index is 12.5. The molecule has 0 amide bonds. The molecule has 7 heteroatoms. The molecule has 3 aromatic rings. The van der Waals surface area contributed by atoms with Crippen molar-refractivity contribution < 1.29 is 17.6 Å². The SMILES string of the molecule is COc1ccc(S(=O)(=O)Nc2cc(-c3ccco3)ccc2C)nc1. The molecule has 0 radical (unpaired) electrons. The predicted octanol–water partition coefficient (Wildman–Crippen LogP) is 3.46. The summed E-state index contributed by atoms with van der Waals surface area (Å²) in [6, 6.07) is 12.0. The predicted molar refractivity (Wildman–Crippen MR) is 90.5 cm³/mol. The van der Waals surface area contributed by atoms with Crippen LogP contribution in [0, 0.1) is 6.92 Å². The number of hydrogen-bond acceptors (Lipinski definition) is 5. The average Bonchev–Trinajstić information content (AvgIpc) is 3.11. The van der Waals surface area contributed by atoms with Crippen LogP contribution < -0.4 is 9.46 Å². The Morgan fingerprint density at radius 2 is 2.00 bits per heavy atom. The molecular formula is C17H16N2O4S. The molecule has 0 bridgehead atoms. The maximum absolute atomic E-state index is 12.5. The van der Waals surface area contributed by atoms with Crippen molar-refractivity contribution in [1.29, 1.82) is 0 Å². The number of benzene rings is 1. The van der Waals surface area contributed by atoms with Gasteiger partial charge in [-0.15, -0.1) is 0 Å². The lowest BCUT2D eigenvalue weighted by Crippen LogP contribution is -2.15. The summed E-state index contributed by atoms with van der Waals surface area (Å²) >= 11 is 0. The third kappa shape index (κ3) is 3.26. The summed E-state index contributed by atoms with van der Waals surface area (Å²) in [6.07, 6.45) is 2.93. The number of sulfonamides is 1. The van der Waals surface area contributed by atoms with E-state index in [1.165, 1.54) is 19.4 Å². The molecule has 3 rings (SSSR count). The molecule has 1 N–H and O–H groups in total. The van der Waals surface area contributed by atoms with Gasteiger partial charge in [0.2, 0.25) is 0 Å². The van der Waals surface area contributed by atoms with E-state index in [0.717, 1.165) is 11.1 Å².